The number of alkyl halides is 3. The Bertz CT molecular complexity index is 657. The van der Waals surface area contributed by atoms with Gasteiger partial charge in [-0.1, -0.05) is 0 Å². The highest BCUT2D eigenvalue weighted by molar-refractivity contribution is 5.37. The number of benzene rings is 1. The highest BCUT2D eigenvalue weighted by atomic mass is 19.4. The van der Waals surface area contributed by atoms with Crippen LogP contribution >= 0.6 is 0 Å². The van der Waals surface area contributed by atoms with Gasteiger partial charge in [-0.15, -0.1) is 0 Å². The van der Waals surface area contributed by atoms with E-state index in [9.17, 15) is 17.6 Å². The molecule has 0 unspecified atom stereocenters. The minimum absolute atomic E-state index is 0.196. The summed E-state index contributed by atoms with van der Waals surface area (Å²) in [6.45, 7) is 2.78. The van der Waals surface area contributed by atoms with Crippen molar-refractivity contribution >= 4 is 0 Å². The lowest BCUT2D eigenvalue weighted by Crippen LogP contribution is -2.17. The monoisotopic (exact) mass is 313 g/mol. The number of aromatic nitrogens is 2. The number of hydrogen-bond donors (Lipinski definition) is 0. The molecule has 1 aliphatic heterocycles. The quantitative estimate of drug-likeness (QED) is 0.807. The summed E-state index contributed by atoms with van der Waals surface area (Å²) in [5, 5.41) is 4.08. The molecule has 1 aromatic carbocycles. The van der Waals surface area contributed by atoms with Crippen LogP contribution in [0, 0.1) is 5.82 Å². The van der Waals surface area contributed by atoms with Crippen molar-refractivity contribution in [2.45, 2.75) is 25.6 Å². The first-order valence-electron chi connectivity index (χ1n) is 7.06. The normalized spacial score (nSPS) is 16.4. The molecule has 1 aromatic heterocycles. The first-order valence-corrected chi connectivity index (χ1v) is 7.06. The van der Waals surface area contributed by atoms with E-state index < -0.39 is 17.6 Å². The maximum Gasteiger partial charge on any atom is 0.419 e. The van der Waals surface area contributed by atoms with Crippen molar-refractivity contribution in [3.63, 3.8) is 0 Å². The lowest BCUT2D eigenvalue weighted by atomic mass is 10.2. The molecule has 0 radical (unpaired) electrons. The van der Waals surface area contributed by atoms with Crippen molar-refractivity contribution in [3.8, 4) is 5.69 Å². The number of nitrogens with zero attached hydrogens (tertiary/aromatic N) is 3. The molecule has 0 spiro atoms. The van der Waals surface area contributed by atoms with E-state index in [1.54, 1.807) is 12.4 Å². The highest BCUT2D eigenvalue weighted by Gasteiger charge is 2.34. The van der Waals surface area contributed by atoms with Crippen LogP contribution in [0.25, 0.3) is 5.69 Å². The first kappa shape index (κ1) is 15.0. The fourth-order valence-electron chi connectivity index (χ4n) is 2.65. The zero-order valence-corrected chi connectivity index (χ0v) is 11.8. The predicted octanol–water partition coefficient (Wildman–Crippen LogP) is 3.63. The van der Waals surface area contributed by atoms with Crippen molar-refractivity contribution in [2.75, 3.05) is 13.1 Å². The summed E-state index contributed by atoms with van der Waals surface area (Å²) >= 11 is 0. The van der Waals surface area contributed by atoms with E-state index in [0.717, 1.165) is 37.3 Å². The molecular formula is C15H15F4N3. The SMILES string of the molecule is Fc1ccc(-n2cc(CN3CCCC3)cn2)cc1C(F)(F)F. The van der Waals surface area contributed by atoms with Gasteiger partial charge in [-0.2, -0.15) is 18.3 Å². The van der Waals surface area contributed by atoms with Crippen LogP contribution in [0.3, 0.4) is 0 Å². The van der Waals surface area contributed by atoms with Gasteiger partial charge in [0.1, 0.15) is 5.82 Å². The topological polar surface area (TPSA) is 21.1 Å². The highest BCUT2D eigenvalue weighted by Crippen LogP contribution is 2.32. The second-order valence-electron chi connectivity index (χ2n) is 5.44. The largest absolute Gasteiger partial charge is 0.419 e. The third kappa shape index (κ3) is 3.14. The number of likely N-dealkylation sites (tertiary alicyclic amines) is 1. The molecule has 2 aromatic rings. The Hall–Kier alpha value is -1.89. The van der Waals surface area contributed by atoms with Gasteiger partial charge in [-0.05, 0) is 44.1 Å². The van der Waals surface area contributed by atoms with E-state index in [0.29, 0.717) is 0 Å². The van der Waals surface area contributed by atoms with Gasteiger partial charge in [0.15, 0.2) is 0 Å². The summed E-state index contributed by atoms with van der Waals surface area (Å²) in [5.41, 5.74) is -0.150. The Morgan fingerprint density at radius 3 is 2.55 bits per heavy atom. The van der Waals surface area contributed by atoms with E-state index in [-0.39, 0.29) is 5.69 Å². The summed E-state index contributed by atoms with van der Waals surface area (Å²) in [4.78, 5) is 2.27. The van der Waals surface area contributed by atoms with Crippen LogP contribution in [0.15, 0.2) is 30.6 Å². The summed E-state index contributed by atoms with van der Waals surface area (Å²) in [7, 11) is 0. The van der Waals surface area contributed by atoms with Crippen molar-refractivity contribution in [1.82, 2.24) is 14.7 Å². The molecule has 0 bridgehead atoms. The van der Waals surface area contributed by atoms with Crippen LogP contribution in [-0.4, -0.2) is 27.8 Å². The van der Waals surface area contributed by atoms with Crippen LogP contribution in [0.1, 0.15) is 24.0 Å². The molecular weight excluding hydrogens is 298 g/mol. The van der Waals surface area contributed by atoms with Crippen LogP contribution in [0.5, 0.6) is 0 Å². The predicted molar refractivity (Wildman–Crippen MR) is 73.0 cm³/mol. The fraction of sp³-hybridized carbons (Fsp3) is 0.400. The van der Waals surface area contributed by atoms with E-state index in [2.05, 4.69) is 10.00 Å². The fourth-order valence-corrected chi connectivity index (χ4v) is 2.65. The van der Waals surface area contributed by atoms with Crippen LogP contribution in [0.4, 0.5) is 17.6 Å². The third-order valence-electron chi connectivity index (χ3n) is 3.76. The molecule has 22 heavy (non-hydrogen) atoms. The Labute approximate surface area is 125 Å². The zero-order valence-electron chi connectivity index (χ0n) is 11.8. The van der Waals surface area contributed by atoms with Crippen molar-refractivity contribution in [3.05, 3.63) is 47.5 Å². The molecule has 1 saturated heterocycles. The molecule has 1 fully saturated rings. The number of halogens is 4. The minimum Gasteiger partial charge on any atom is -0.299 e. The average Bonchev–Trinajstić information content (AvgIpc) is 3.10. The standard InChI is InChI=1S/C15H15F4N3/c16-14-4-3-12(7-13(14)15(17,18)19)22-10-11(8-20-22)9-21-5-1-2-6-21/h3-4,7-8,10H,1-2,5-6,9H2. The molecule has 7 heteroatoms. The van der Waals surface area contributed by atoms with Crippen LogP contribution in [0.2, 0.25) is 0 Å². The smallest absolute Gasteiger partial charge is 0.299 e. The average molecular weight is 313 g/mol. The van der Waals surface area contributed by atoms with Crippen molar-refractivity contribution < 1.29 is 17.6 Å². The Morgan fingerprint density at radius 1 is 1.14 bits per heavy atom. The molecule has 0 aliphatic carbocycles. The van der Waals surface area contributed by atoms with Gasteiger partial charge in [0, 0.05) is 18.3 Å². The minimum atomic E-state index is -4.72. The number of rotatable bonds is 3. The zero-order chi connectivity index (χ0) is 15.7. The molecule has 118 valence electrons. The third-order valence-corrected chi connectivity index (χ3v) is 3.76. The van der Waals surface area contributed by atoms with Gasteiger partial charge in [-0.3, -0.25) is 4.90 Å². The van der Waals surface area contributed by atoms with Crippen molar-refractivity contribution in [2.24, 2.45) is 0 Å². The molecule has 0 saturated carbocycles. The molecule has 3 rings (SSSR count). The Balaban J connectivity index is 1.83. The lowest BCUT2D eigenvalue weighted by Gasteiger charge is -2.12. The maximum absolute atomic E-state index is 13.3. The molecule has 1 aliphatic rings. The summed E-state index contributed by atoms with van der Waals surface area (Å²) in [5.74, 6) is -1.28. The van der Waals surface area contributed by atoms with E-state index >= 15 is 0 Å². The van der Waals surface area contributed by atoms with Crippen LogP contribution < -0.4 is 0 Å². The summed E-state index contributed by atoms with van der Waals surface area (Å²) in [6, 6.07) is 2.89. The van der Waals surface area contributed by atoms with E-state index in [1.807, 2.05) is 0 Å². The van der Waals surface area contributed by atoms with E-state index in [4.69, 9.17) is 0 Å². The molecule has 0 atom stereocenters. The summed E-state index contributed by atoms with van der Waals surface area (Å²) < 4.78 is 52.9. The Morgan fingerprint density at radius 2 is 1.86 bits per heavy atom. The summed E-state index contributed by atoms with van der Waals surface area (Å²) in [6.07, 6.45) is 0.939. The molecule has 2 heterocycles. The second-order valence-corrected chi connectivity index (χ2v) is 5.44. The lowest BCUT2D eigenvalue weighted by molar-refractivity contribution is -0.140. The van der Waals surface area contributed by atoms with Crippen molar-refractivity contribution in [1.29, 1.82) is 0 Å². The van der Waals surface area contributed by atoms with E-state index in [1.165, 1.54) is 23.6 Å². The number of hydrogen-bond acceptors (Lipinski definition) is 2. The van der Waals surface area contributed by atoms with Gasteiger partial charge in [-0.25, -0.2) is 9.07 Å². The van der Waals surface area contributed by atoms with Gasteiger partial charge < -0.3 is 0 Å². The molecule has 0 amide bonds. The van der Waals surface area contributed by atoms with Gasteiger partial charge in [0.05, 0.1) is 17.4 Å². The van der Waals surface area contributed by atoms with Crippen LogP contribution in [-0.2, 0) is 12.7 Å². The molecule has 3 nitrogen and oxygen atoms in total. The molecule has 0 N–H and O–H groups in total. The van der Waals surface area contributed by atoms with Gasteiger partial charge in [0.25, 0.3) is 0 Å². The first-order chi connectivity index (χ1) is 10.4. The van der Waals surface area contributed by atoms with Gasteiger partial charge >= 0.3 is 6.18 Å². The van der Waals surface area contributed by atoms with Gasteiger partial charge in [0.2, 0.25) is 0 Å². The second kappa shape index (κ2) is 5.72. The maximum atomic E-state index is 13.3. The Kier molecular flexibility index (Phi) is 3.90.